The molecule has 5 nitrogen and oxygen atoms in total. The summed E-state index contributed by atoms with van der Waals surface area (Å²) in [6.07, 6.45) is 0. The van der Waals surface area contributed by atoms with Gasteiger partial charge >= 0.3 is 5.97 Å². The van der Waals surface area contributed by atoms with Crippen LogP contribution in [0.25, 0.3) is 0 Å². The summed E-state index contributed by atoms with van der Waals surface area (Å²) in [5.41, 5.74) is 1.15. The maximum atomic E-state index is 11.8. The Morgan fingerprint density at radius 2 is 1.68 bits per heavy atom. The van der Waals surface area contributed by atoms with Gasteiger partial charge in [0, 0.05) is 9.26 Å². The highest BCUT2D eigenvalue weighted by atomic mass is 127. The Balaban J connectivity index is 1.85. The van der Waals surface area contributed by atoms with Gasteiger partial charge in [0.05, 0.1) is 12.7 Å². The Labute approximate surface area is 141 Å². The topological polar surface area (TPSA) is 64.6 Å². The highest BCUT2D eigenvalue weighted by Gasteiger charge is 2.06. The van der Waals surface area contributed by atoms with E-state index in [-0.39, 0.29) is 12.5 Å². The van der Waals surface area contributed by atoms with Crippen LogP contribution in [0.3, 0.4) is 0 Å². The summed E-state index contributed by atoms with van der Waals surface area (Å²) >= 11 is 2.19. The molecule has 0 unspecified atom stereocenters. The van der Waals surface area contributed by atoms with Crippen molar-refractivity contribution in [2.45, 2.75) is 0 Å². The fourth-order valence-corrected chi connectivity index (χ4v) is 2.04. The summed E-state index contributed by atoms with van der Waals surface area (Å²) in [5.74, 6) is -0.160. The summed E-state index contributed by atoms with van der Waals surface area (Å²) in [5, 5.41) is 2.74. The van der Waals surface area contributed by atoms with Crippen LogP contribution in [0, 0.1) is 3.57 Å². The molecule has 1 amide bonds. The minimum atomic E-state index is -0.414. The van der Waals surface area contributed by atoms with Gasteiger partial charge in [0.25, 0.3) is 5.91 Å². The third kappa shape index (κ3) is 4.73. The molecule has 22 heavy (non-hydrogen) atoms. The van der Waals surface area contributed by atoms with Crippen molar-refractivity contribution in [2.24, 2.45) is 0 Å². The Bertz CT molecular complexity index is 653. The van der Waals surface area contributed by atoms with Crippen molar-refractivity contribution in [3.05, 3.63) is 57.7 Å². The van der Waals surface area contributed by atoms with E-state index in [2.05, 4.69) is 32.6 Å². The van der Waals surface area contributed by atoms with Gasteiger partial charge in [-0.3, -0.25) is 4.79 Å². The molecule has 0 saturated carbocycles. The molecule has 0 aromatic heterocycles. The fourth-order valence-electron chi connectivity index (χ4n) is 1.68. The molecule has 0 aliphatic rings. The average Bonchev–Trinajstić information content (AvgIpc) is 2.55. The Morgan fingerprint density at radius 1 is 1.05 bits per heavy atom. The first-order valence-electron chi connectivity index (χ1n) is 6.45. The van der Waals surface area contributed by atoms with Gasteiger partial charge < -0.3 is 14.8 Å². The molecule has 0 fully saturated rings. The largest absolute Gasteiger partial charge is 0.484 e. The van der Waals surface area contributed by atoms with Gasteiger partial charge in [0.1, 0.15) is 5.75 Å². The molecule has 2 aromatic rings. The minimum Gasteiger partial charge on any atom is -0.484 e. The number of benzene rings is 2. The number of carbonyl (C=O) groups is 2. The van der Waals surface area contributed by atoms with Crippen molar-refractivity contribution < 1.29 is 19.1 Å². The SMILES string of the molecule is COC(=O)c1ccc(OCC(=O)Nc2ccc(I)cc2)cc1. The lowest BCUT2D eigenvalue weighted by Gasteiger charge is -2.08. The molecule has 0 bridgehead atoms. The van der Waals surface area contributed by atoms with Crippen molar-refractivity contribution in [2.75, 3.05) is 19.0 Å². The van der Waals surface area contributed by atoms with E-state index >= 15 is 0 Å². The number of hydrogen-bond acceptors (Lipinski definition) is 4. The summed E-state index contributed by atoms with van der Waals surface area (Å²) in [6, 6.07) is 13.9. The zero-order valence-corrected chi connectivity index (χ0v) is 14.0. The highest BCUT2D eigenvalue weighted by molar-refractivity contribution is 14.1. The van der Waals surface area contributed by atoms with Crippen LogP contribution in [0.5, 0.6) is 5.75 Å². The quantitative estimate of drug-likeness (QED) is 0.607. The molecule has 0 aliphatic carbocycles. The Hall–Kier alpha value is -2.09. The molecule has 0 heterocycles. The molecule has 0 atom stereocenters. The zero-order chi connectivity index (χ0) is 15.9. The van der Waals surface area contributed by atoms with E-state index in [1.807, 2.05) is 24.3 Å². The molecule has 6 heteroatoms. The third-order valence-corrected chi connectivity index (χ3v) is 3.49. The third-order valence-electron chi connectivity index (χ3n) is 2.77. The van der Waals surface area contributed by atoms with Crippen molar-refractivity contribution in [3.63, 3.8) is 0 Å². The van der Waals surface area contributed by atoms with E-state index in [9.17, 15) is 9.59 Å². The predicted octanol–water partition coefficient (Wildman–Crippen LogP) is 3.10. The number of halogens is 1. The van der Waals surface area contributed by atoms with E-state index in [0.29, 0.717) is 11.3 Å². The first kappa shape index (κ1) is 16.3. The number of carbonyl (C=O) groups excluding carboxylic acids is 2. The van der Waals surface area contributed by atoms with Crippen LogP contribution in [-0.2, 0) is 9.53 Å². The van der Waals surface area contributed by atoms with Gasteiger partial charge in [-0.25, -0.2) is 4.79 Å². The molecule has 0 radical (unpaired) electrons. The number of hydrogen-bond donors (Lipinski definition) is 1. The summed E-state index contributed by atoms with van der Waals surface area (Å²) < 4.78 is 11.1. The number of rotatable bonds is 5. The van der Waals surface area contributed by atoms with Crippen LogP contribution in [0.4, 0.5) is 5.69 Å². The molecule has 0 saturated heterocycles. The lowest BCUT2D eigenvalue weighted by atomic mass is 10.2. The van der Waals surface area contributed by atoms with Gasteiger partial charge in [-0.1, -0.05) is 0 Å². The van der Waals surface area contributed by atoms with Crippen LogP contribution >= 0.6 is 22.6 Å². The molecule has 0 aliphatic heterocycles. The second-order valence-electron chi connectivity index (χ2n) is 4.36. The van der Waals surface area contributed by atoms with Crippen molar-refractivity contribution in [3.8, 4) is 5.75 Å². The van der Waals surface area contributed by atoms with Crippen LogP contribution in [0.15, 0.2) is 48.5 Å². The molecule has 1 N–H and O–H groups in total. The summed E-state index contributed by atoms with van der Waals surface area (Å²) in [6.45, 7) is -0.108. The second-order valence-corrected chi connectivity index (χ2v) is 5.61. The first-order valence-corrected chi connectivity index (χ1v) is 7.53. The number of amides is 1. The minimum absolute atomic E-state index is 0.108. The maximum Gasteiger partial charge on any atom is 0.337 e. The smallest absolute Gasteiger partial charge is 0.337 e. The number of nitrogens with one attached hydrogen (secondary N) is 1. The standard InChI is InChI=1S/C16H14INO4/c1-21-16(20)11-2-8-14(9-3-11)22-10-15(19)18-13-6-4-12(17)5-7-13/h2-9H,10H2,1H3,(H,18,19). The zero-order valence-electron chi connectivity index (χ0n) is 11.8. The normalized spacial score (nSPS) is 9.91. The van der Waals surface area contributed by atoms with Gasteiger partial charge in [-0.2, -0.15) is 0 Å². The van der Waals surface area contributed by atoms with E-state index in [0.717, 1.165) is 9.26 Å². The molecular weight excluding hydrogens is 397 g/mol. The van der Waals surface area contributed by atoms with Crippen LogP contribution in [-0.4, -0.2) is 25.6 Å². The monoisotopic (exact) mass is 411 g/mol. The van der Waals surface area contributed by atoms with E-state index < -0.39 is 5.97 Å². The van der Waals surface area contributed by atoms with E-state index in [1.54, 1.807) is 24.3 Å². The van der Waals surface area contributed by atoms with Gasteiger partial charge in [-0.05, 0) is 71.1 Å². The number of anilines is 1. The number of ether oxygens (including phenoxy) is 2. The van der Waals surface area contributed by atoms with Gasteiger partial charge in [0.15, 0.2) is 6.61 Å². The summed E-state index contributed by atoms with van der Waals surface area (Å²) in [7, 11) is 1.32. The maximum absolute atomic E-state index is 11.8. The van der Waals surface area contributed by atoms with Crippen LogP contribution in [0.1, 0.15) is 10.4 Å². The Kier molecular flexibility index (Phi) is 5.76. The second kappa shape index (κ2) is 7.79. The summed E-state index contributed by atoms with van der Waals surface area (Å²) in [4.78, 5) is 23.1. The lowest BCUT2D eigenvalue weighted by Crippen LogP contribution is -2.20. The van der Waals surface area contributed by atoms with E-state index in [1.165, 1.54) is 7.11 Å². The van der Waals surface area contributed by atoms with Crippen molar-refractivity contribution in [1.29, 1.82) is 0 Å². The molecule has 2 rings (SSSR count). The number of methoxy groups -OCH3 is 1. The lowest BCUT2D eigenvalue weighted by molar-refractivity contribution is -0.118. The number of esters is 1. The van der Waals surface area contributed by atoms with Gasteiger partial charge in [-0.15, -0.1) is 0 Å². The van der Waals surface area contributed by atoms with Gasteiger partial charge in [0.2, 0.25) is 0 Å². The molecule has 0 spiro atoms. The first-order chi connectivity index (χ1) is 10.6. The van der Waals surface area contributed by atoms with Crippen LogP contribution in [0.2, 0.25) is 0 Å². The Morgan fingerprint density at radius 3 is 2.27 bits per heavy atom. The molecule has 114 valence electrons. The molecular formula is C16H14INO4. The van der Waals surface area contributed by atoms with Crippen molar-refractivity contribution >= 4 is 40.2 Å². The fraction of sp³-hybridized carbons (Fsp3) is 0.125. The van der Waals surface area contributed by atoms with Crippen molar-refractivity contribution in [1.82, 2.24) is 0 Å². The predicted molar refractivity (Wildman–Crippen MR) is 91.1 cm³/mol. The molecule has 2 aromatic carbocycles. The average molecular weight is 411 g/mol. The van der Waals surface area contributed by atoms with E-state index in [4.69, 9.17) is 4.74 Å². The highest BCUT2D eigenvalue weighted by Crippen LogP contribution is 2.14. The van der Waals surface area contributed by atoms with Crippen LogP contribution < -0.4 is 10.1 Å².